The van der Waals surface area contributed by atoms with Crippen LogP contribution in [0.2, 0.25) is 0 Å². The lowest BCUT2D eigenvalue weighted by molar-refractivity contribution is 0.0701. The van der Waals surface area contributed by atoms with E-state index in [1.54, 1.807) is 30.7 Å². The number of carbonyl (C=O) groups excluding carboxylic acids is 1. The molecule has 26 heavy (non-hydrogen) atoms. The maximum atomic E-state index is 12.6. The topological polar surface area (TPSA) is 71.1 Å². The molecular formula is C19H20N4O2S. The average molecular weight is 368 g/mol. The highest BCUT2D eigenvalue weighted by molar-refractivity contribution is 7.10. The summed E-state index contributed by atoms with van der Waals surface area (Å²) in [6.45, 7) is 1.47. The van der Waals surface area contributed by atoms with Crippen LogP contribution in [0, 0.1) is 0 Å². The number of amides is 1. The molecule has 3 aromatic rings. The number of aromatic nitrogens is 3. The fraction of sp³-hybridized carbons (Fsp3) is 0.316. The Hall–Kier alpha value is -2.67. The molecule has 0 spiro atoms. The Labute approximate surface area is 155 Å². The van der Waals surface area contributed by atoms with Crippen molar-refractivity contribution in [2.75, 3.05) is 20.2 Å². The summed E-state index contributed by atoms with van der Waals surface area (Å²) in [5, 5.41) is 9.78. The first-order chi connectivity index (χ1) is 12.8. The van der Waals surface area contributed by atoms with Crippen molar-refractivity contribution in [3.8, 4) is 17.0 Å². The Morgan fingerprint density at radius 1 is 1.35 bits per heavy atom. The summed E-state index contributed by atoms with van der Waals surface area (Å²) in [4.78, 5) is 19.3. The molecule has 1 unspecified atom stereocenters. The van der Waals surface area contributed by atoms with Crippen LogP contribution in [0.4, 0.5) is 0 Å². The number of rotatable bonds is 4. The maximum Gasteiger partial charge on any atom is 0.271 e. The van der Waals surface area contributed by atoms with Crippen LogP contribution in [0.3, 0.4) is 0 Å². The number of H-pyrrole nitrogens is 1. The van der Waals surface area contributed by atoms with Gasteiger partial charge in [-0.25, -0.2) is 4.98 Å². The Bertz CT molecular complexity index is 891. The van der Waals surface area contributed by atoms with E-state index in [0.29, 0.717) is 12.2 Å². The largest absolute Gasteiger partial charge is 0.496 e. The third kappa shape index (κ3) is 3.22. The average Bonchev–Trinajstić information content (AvgIpc) is 3.39. The molecule has 1 aromatic carbocycles. The van der Waals surface area contributed by atoms with E-state index in [9.17, 15) is 4.79 Å². The molecule has 7 heteroatoms. The molecule has 1 saturated heterocycles. The van der Waals surface area contributed by atoms with Gasteiger partial charge in [0.1, 0.15) is 11.4 Å². The zero-order valence-electron chi connectivity index (χ0n) is 14.5. The van der Waals surface area contributed by atoms with Gasteiger partial charge >= 0.3 is 0 Å². The van der Waals surface area contributed by atoms with Gasteiger partial charge in [-0.2, -0.15) is 5.10 Å². The van der Waals surface area contributed by atoms with E-state index in [-0.39, 0.29) is 11.8 Å². The van der Waals surface area contributed by atoms with E-state index >= 15 is 0 Å². The summed E-state index contributed by atoms with van der Waals surface area (Å²) < 4.78 is 5.45. The molecule has 0 bridgehead atoms. The van der Waals surface area contributed by atoms with E-state index in [2.05, 4.69) is 15.6 Å². The van der Waals surface area contributed by atoms with Crippen LogP contribution in [0.5, 0.6) is 5.75 Å². The van der Waals surface area contributed by atoms with Gasteiger partial charge < -0.3 is 9.64 Å². The van der Waals surface area contributed by atoms with Crippen molar-refractivity contribution in [2.45, 2.75) is 18.8 Å². The second-order valence-electron chi connectivity index (χ2n) is 6.33. The number of hydrogen-bond donors (Lipinski definition) is 1. The second-order valence-corrected chi connectivity index (χ2v) is 7.22. The van der Waals surface area contributed by atoms with Gasteiger partial charge in [0.25, 0.3) is 5.91 Å². The molecule has 1 atom stereocenters. The van der Waals surface area contributed by atoms with Crippen LogP contribution in [0.25, 0.3) is 11.3 Å². The molecule has 3 heterocycles. The molecule has 1 amide bonds. The van der Waals surface area contributed by atoms with Crippen molar-refractivity contribution in [2.24, 2.45) is 0 Å². The van der Waals surface area contributed by atoms with Crippen LogP contribution >= 0.6 is 11.3 Å². The normalized spacial score (nSPS) is 17.3. The van der Waals surface area contributed by atoms with Gasteiger partial charge in [-0.3, -0.25) is 9.89 Å². The summed E-state index contributed by atoms with van der Waals surface area (Å²) in [6, 6.07) is 9.62. The van der Waals surface area contributed by atoms with Crippen LogP contribution in [0.15, 0.2) is 41.9 Å². The number of ether oxygens (including phenoxy) is 1. The highest BCUT2D eigenvalue weighted by atomic mass is 32.1. The number of nitrogens with zero attached hydrogens (tertiary/aromatic N) is 3. The van der Waals surface area contributed by atoms with Gasteiger partial charge in [0, 0.05) is 36.1 Å². The summed E-state index contributed by atoms with van der Waals surface area (Å²) >= 11 is 1.66. The minimum Gasteiger partial charge on any atom is -0.496 e. The summed E-state index contributed by atoms with van der Waals surface area (Å²) in [6.07, 6.45) is 3.63. The number of aromatic amines is 1. The molecule has 0 radical (unpaired) electrons. The summed E-state index contributed by atoms with van der Waals surface area (Å²) in [5.41, 5.74) is 2.47. The summed E-state index contributed by atoms with van der Waals surface area (Å²) in [7, 11) is 1.67. The van der Waals surface area contributed by atoms with E-state index in [4.69, 9.17) is 9.72 Å². The molecule has 1 aliphatic heterocycles. The fourth-order valence-corrected chi connectivity index (χ4v) is 4.31. The Balaban J connectivity index is 1.53. The zero-order chi connectivity index (χ0) is 17.9. The lowest BCUT2D eigenvalue weighted by Gasteiger charge is -2.31. The van der Waals surface area contributed by atoms with Crippen molar-refractivity contribution >= 4 is 17.2 Å². The van der Waals surface area contributed by atoms with Crippen molar-refractivity contribution in [3.05, 3.63) is 52.6 Å². The predicted molar refractivity (Wildman–Crippen MR) is 101 cm³/mol. The first-order valence-electron chi connectivity index (χ1n) is 8.63. The minimum absolute atomic E-state index is 0.00806. The number of benzene rings is 1. The third-order valence-electron chi connectivity index (χ3n) is 4.69. The third-order valence-corrected chi connectivity index (χ3v) is 5.70. The molecule has 1 aliphatic rings. The number of thiazole rings is 1. The van der Waals surface area contributed by atoms with Crippen LogP contribution in [0.1, 0.15) is 34.3 Å². The van der Waals surface area contributed by atoms with Crippen LogP contribution in [-0.2, 0) is 0 Å². The lowest BCUT2D eigenvalue weighted by Crippen LogP contribution is -2.39. The quantitative estimate of drug-likeness (QED) is 0.764. The van der Waals surface area contributed by atoms with E-state index < -0.39 is 0 Å². The standard InChI is InChI=1S/C19H20N4O2S/c1-25-17-7-3-2-6-14(17)16-12-26-18(21-16)13-5-4-10-23(11-13)19(24)15-8-9-20-22-15/h2-3,6-9,12-13H,4-5,10-11H2,1H3,(H,20,22). The molecule has 2 aromatic heterocycles. The van der Waals surface area contributed by atoms with E-state index in [1.165, 1.54) is 0 Å². The van der Waals surface area contributed by atoms with Gasteiger partial charge in [-0.1, -0.05) is 12.1 Å². The fourth-order valence-electron chi connectivity index (χ4n) is 3.36. The molecule has 1 fully saturated rings. The molecule has 0 aliphatic carbocycles. The predicted octanol–water partition coefficient (Wildman–Crippen LogP) is 3.56. The van der Waals surface area contributed by atoms with Crippen molar-refractivity contribution in [1.82, 2.24) is 20.1 Å². The van der Waals surface area contributed by atoms with Gasteiger partial charge in [0.2, 0.25) is 0 Å². The molecule has 0 saturated carbocycles. The highest BCUT2D eigenvalue weighted by Gasteiger charge is 2.28. The molecular weight excluding hydrogens is 348 g/mol. The number of para-hydroxylation sites is 1. The number of methoxy groups -OCH3 is 1. The van der Waals surface area contributed by atoms with Crippen molar-refractivity contribution < 1.29 is 9.53 Å². The highest BCUT2D eigenvalue weighted by Crippen LogP contribution is 2.35. The number of carbonyl (C=O) groups is 1. The van der Waals surface area contributed by atoms with Crippen LogP contribution < -0.4 is 4.74 Å². The second kappa shape index (κ2) is 7.29. The Morgan fingerprint density at radius 3 is 3.04 bits per heavy atom. The van der Waals surface area contributed by atoms with Crippen molar-refractivity contribution in [1.29, 1.82) is 0 Å². The zero-order valence-corrected chi connectivity index (χ0v) is 15.3. The van der Waals surface area contributed by atoms with E-state index in [0.717, 1.165) is 41.4 Å². The number of hydrogen-bond acceptors (Lipinski definition) is 5. The van der Waals surface area contributed by atoms with Gasteiger partial charge in [0.05, 0.1) is 17.8 Å². The SMILES string of the molecule is COc1ccccc1-c1csc(C2CCCN(C(=O)c3ccn[nH]3)C2)n1. The molecule has 6 nitrogen and oxygen atoms in total. The maximum absolute atomic E-state index is 12.6. The Morgan fingerprint density at radius 2 is 2.23 bits per heavy atom. The van der Waals surface area contributed by atoms with E-state index in [1.807, 2.05) is 29.2 Å². The number of piperidine rings is 1. The Kier molecular flexibility index (Phi) is 4.71. The van der Waals surface area contributed by atoms with Crippen molar-refractivity contribution in [3.63, 3.8) is 0 Å². The summed E-state index contributed by atoms with van der Waals surface area (Å²) in [5.74, 6) is 1.10. The lowest BCUT2D eigenvalue weighted by atomic mass is 9.98. The number of nitrogens with one attached hydrogen (secondary N) is 1. The smallest absolute Gasteiger partial charge is 0.271 e. The molecule has 4 rings (SSSR count). The van der Waals surface area contributed by atoms with Gasteiger partial charge in [-0.15, -0.1) is 11.3 Å². The first kappa shape index (κ1) is 16.8. The number of likely N-dealkylation sites (tertiary alicyclic amines) is 1. The molecule has 1 N–H and O–H groups in total. The monoisotopic (exact) mass is 368 g/mol. The minimum atomic E-state index is 0.00806. The van der Waals surface area contributed by atoms with Gasteiger partial charge in [0.15, 0.2) is 0 Å². The molecule has 134 valence electrons. The van der Waals surface area contributed by atoms with Crippen LogP contribution in [-0.4, -0.2) is 46.2 Å². The van der Waals surface area contributed by atoms with Gasteiger partial charge in [-0.05, 0) is 31.0 Å². The first-order valence-corrected chi connectivity index (χ1v) is 9.51.